The summed E-state index contributed by atoms with van der Waals surface area (Å²) >= 11 is 0. The maximum atomic E-state index is 12.9. The maximum absolute atomic E-state index is 12.9. The van der Waals surface area contributed by atoms with Crippen LogP contribution in [0.25, 0.3) is 0 Å². The summed E-state index contributed by atoms with van der Waals surface area (Å²) in [6, 6.07) is 4.76. The van der Waals surface area contributed by atoms with Gasteiger partial charge < -0.3 is 16.4 Å². The van der Waals surface area contributed by atoms with Gasteiger partial charge in [-0.1, -0.05) is 18.2 Å². The van der Waals surface area contributed by atoms with Crippen molar-refractivity contribution >= 4 is 6.03 Å². The Balaban J connectivity index is 2.30. The molecule has 0 bridgehead atoms. The summed E-state index contributed by atoms with van der Waals surface area (Å²) < 4.78 is 38.6. The summed E-state index contributed by atoms with van der Waals surface area (Å²) in [6.45, 7) is 1.33. The summed E-state index contributed by atoms with van der Waals surface area (Å²) in [6.07, 6.45) is -2.97. The average Bonchev–Trinajstić information content (AvgIpc) is 2.47. The third-order valence-corrected chi connectivity index (χ3v) is 4.25. The fourth-order valence-electron chi connectivity index (χ4n) is 3.08. The van der Waals surface area contributed by atoms with Gasteiger partial charge in [0, 0.05) is 19.0 Å². The van der Waals surface area contributed by atoms with Crippen LogP contribution >= 0.6 is 0 Å². The van der Waals surface area contributed by atoms with E-state index in [4.69, 9.17) is 11.5 Å². The molecule has 4 N–H and O–H groups in total. The van der Waals surface area contributed by atoms with Crippen molar-refractivity contribution in [3.63, 3.8) is 0 Å². The molecule has 2 atom stereocenters. The van der Waals surface area contributed by atoms with E-state index in [0.717, 1.165) is 6.07 Å². The molecule has 0 aromatic heterocycles. The van der Waals surface area contributed by atoms with Crippen molar-refractivity contribution < 1.29 is 18.0 Å². The Morgan fingerprint density at radius 1 is 1.36 bits per heavy atom. The van der Waals surface area contributed by atoms with Gasteiger partial charge in [0.05, 0.1) is 5.56 Å². The second-order valence-electron chi connectivity index (χ2n) is 5.64. The summed E-state index contributed by atoms with van der Waals surface area (Å²) in [4.78, 5) is 12.8. The van der Waals surface area contributed by atoms with E-state index < -0.39 is 17.8 Å². The highest BCUT2D eigenvalue weighted by Gasteiger charge is 2.34. The smallest absolute Gasteiger partial charge is 0.351 e. The van der Waals surface area contributed by atoms with Gasteiger partial charge in [-0.2, -0.15) is 13.2 Å². The number of urea groups is 1. The van der Waals surface area contributed by atoms with Crippen LogP contribution in [0.5, 0.6) is 0 Å². The third kappa shape index (κ3) is 3.71. The van der Waals surface area contributed by atoms with E-state index in [-0.39, 0.29) is 11.8 Å². The van der Waals surface area contributed by atoms with Crippen LogP contribution in [-0.4, -0.2) is 30.6 Å². The van der Waals surface area contributed by atoms with E-state index in [1.165, 1.54) is 17.0 Å². The number of amides is 2. The lowest BCUT2D eigenvalue weighted by Crippen LogP contribution is -2.45. The molecule has 7 heteroatoms. The number of hydrogen-bond donors (Lipinski definition) is 2. The highest BCUT2D eigenvalue weighted by molar-refractivity contribution is 5.72. The van der Waals surface area contributed by atoms with Crippen LogP contribution in [0, 0.1) is 5.92 Å². The number of halogens is 3. The van der Waals surface area contributed by atoms with Gasteiger partial charge in [0.2, 0.25) is 0 Å². The average molecular weight is 315 g/mol. The van der Waals surface area contributed by atoms with E-state index >= 15 is 0 Å². The Kier molecular flexibility index (Phi) is 4.95. The monoisotopic (exact) mass is 315 g/mol. The first-order valence-electron chi connectivity index (χ1n) is 7.24. The molecule has 0 saturated carbocycles. The molecule has 0 radical (unpaired) electrons. The van der Waals surface area contributed by atoms with Crippen molar-refractivity contribution in [2.75, 3.05) is 19.6 Å². The number of likely N-dealkylation sites (tertiary alicyclic amines) is 1. The predicted octanol–water partition coefficient (Wildman–Crippen LogP) is 2.54. The van der Waals surface area contributed by atoms with Crippen LogP contribution in [0.2, 0.25) is 0 Å². The highest BCUT2D eigenvalue weighted by atomic mass is 19.4. The molecule has 2 rings (SSSR count). The zero-order chi connectivity index (χ0) is 16.3. The van der Waals surface area contributed by atoms with Gasteiger partial charge in [0.25, 0.3) is 0 Å². The number of nitrogens with zero attached hydrogens (tertiary/aromatic N) is 1. The lowest BCUT2D eigenvalue weighted by Gasteiger charge is -2.38. The van der Waals surface area contributed by atoms with Crippen molar-refractivity contribution in [3.05, 3.63) is 35.4 Å². The molecule has 22 heavy (non-hydrogen) atoms. The Bertz CT molecular complexity index is 533. The zero-order valence-corrected chi connectivity index (χ0v) is 12.1. The first-order valence-corrected chi connectivity index (χ1v) is 7.24. The summed E-state index contributed by atoms with van der Waals surface area (Å²) in [5.41, 5.74) is 10.8. The minimum absolute atomic E-state index is 0.157. The fourth-order valence-corrected chi connectivity index (χ4v) is 3.08. The first kappa shape index (κ1) is 16.6. The lowest BCUT2D eigenvalue weighted by atomic mass is 9.78. The summed E-state index contributed by atoms with van der Waals surface area (Å²) in [7, 11) is 0. The molecule has 2 amide bonds. The molecule has 1 aromatic rings. The summed E-state index contributed by atoms with van der Waals surface area (Å²) in [5.74, 6) is -0.0174. The topological polar surface area (TPSA) is 72.3 Å². The van der Waals surface area contributed by atoms with Crippen molar-refractivity contribution in [2.24, 2.45) is 17.4 Å². The zero-order valence-electron chi connectivity index (χ0n) is 12.1. The predicted molar refractivity (Wildman–Crippen MR) is 77.1 cm³/mol. The number of nitrogens with two attached hydrogens (primary N) is 2. The maximum Gasteiger partial charge on any atom is 0.416 e. The van der Waals surface area contributed by atoms with Gasteiger partial charge >= 0.3 is 12.2 Å². The molecule has 1 aliphatic heterocycles. The van der Waals surface area contributed by atoms with E-state index in [1.54, 1.807) is 6.07 Å². The van der Waals surface area contributed by atoms with Gasteiger partial charge in [-0.25, -0.2) is 4.79 Å². The summed E-state index contributed by atoms with van der Waals surface area (Å²) in [5, 5.41) is 0. The molecule has 1 saturated heterocycles. The largest absolute Gasteiger partial charge is 0.416 e. The van der Waals surface area contributed by atoms with Gasteiger partial charge in [-0.15, -0.1) is 0 Å². The van der Waals surface area contributed by atoms with Gasteiger partial charge in [0.1, 0.15) is 0 Å². The second-order valence-corrected chi connectivity index (χ2v) is 5.64. The van der Waals surface area contributed by atoms with E-state index in [2.05, 4.69) is 0 Å². The van der Waals surface area contributed by atoms with Crippen LogP contribution in [-0.2, 0) is 6.18 Å². The van der Waals surface area contributed by atoms with Crippen molar-refractivity contribution in [1.29, 1.82) is 0 Å². The molecule has 1 aromatic carbocycles. The number of carbonyl (C=O) groups excluding carboxylic acids is 1. The first-order chi connectivity index (χ1) is 10.3. The Morgan fingerprint density at radius 3 is 2.68 bits per heavy atom. The third-order valence-electron chi connectivity index (χ3n) is 4.25. The van der Waals surface area contributed by atoms with E-state index in [9.17, 15) is 18.0 Å². The molecule has 122 valence electrons. The number of hydrogen-bond acceptors (Lipinski definition) is 2. The SMILES string of the molecule is NCCC1CCN(C(N)=O)CC1c1cccc(C(F)(F)F)c1. The van der Waals surface area contributed by atoms with Crippen LogP contribution < -0.4 is 11.5 Å². The minimum atomic E-state index is -4.38. The number of benzene rings is 1. The standard InChI is InChI=1S/C15H20F3N3O/c16-15(17,18)12-3-1-2-11(8-12)13-9-21(14(20)22)7-5-10(13)4-6-19/h1-3,8,10,13H,4-7,9,19H2,(H2,20,22). The van der Waals surface area contributed by atoms with Crippen LogP contribution in [0.1, 0.15) is 29.9 Å². The van der Waals surface area contributed by atoms with Gasteiger partial charge in [-0.05, 0) is 36.9 Å². The highest BCUT2D eigenvalue weighted by Crippen LogP contribution is 2.37. The molecule has 1 aliphatic rings. The van der Waals surface area contributed by atoms with Crippen LogP contribution in [0.4, 0.5) is 18.0 Å². The Morgan fingerprint density at radius 2 is 2.09 bits per heavy atom. The molecule has 1 heterocycles. The number of alkyl halides is 3. The fraction of sp³-hybridized carbons (Fsp3) is 0.533. The minimum Gasteiger partial charge on any atom is -0.351 e. The van der Waals surface area contributed by atoms with Crippen LogP contribution in [0.3, 0.4) is 0 Å². The number of primary amides is 1. The molecular weight excluding hydrogens is 295 g/mol. The Labute approximate surface area is 127 Å². The van der Waals surface area contributed by atoms with Crippen molar-refractivity contribution in [1.82, 2.24) is 4.90 Å². The van der Waals surface area contributed by atoms with Gasteiger partial charge in [0.15, 0.2) is 0 Å². The van der Waals surface area contributed by atoms with E-state index in [0.29, 0.717) is 38.0 Å². The van der Waals surface area contributed by atoms with Crippen molar-refractivity contribution in [2.45, 2.75) is 24.9 Å². The van der Waals surface area contributed by atoms with E-state index in [1.807, 2.05) is 0 Å². The second kappa shape index (κ2) is 6.56. The molecule has 1 fully saturated rings. The number of carbonyl (C=O) groups is 1. The molecule has 0 spiro atoms. The van der Waals surface area contributed by atoms with Crippen molar-refractivity contribution in [3.8, 4) is 0 Å². The molecule has 0 aliphatic carbocycles. The van der Waals surface area contributed by atoms with Gasteiger partial charge in [-0.3, -0.25) is 0 Å². The quantitative estimate of drug-likeness (QED) is 0.899. The molecular formula is C15H20F3N3O. The normalized spacial score (nSPS) is 22.6. The van der Waals surface area contributed by atoms with Crippen LogP contribution in [0.15, 0.2) is 24.3 Å². The molecule has 2 unspecified atom stereocenters. The number of piperidine rings is 1. The molecule has 4 nitrogen and oxygen atoms in total. The lowest BCUT2D eigenvalue weighted by molar-refractivity contribution is -0.137. The number of rotatable bonds is 3. The Hall–Kier alpha value is -1.76.